The summed E-state index contributed by atoms with van der Waals surface area (Å²) in [6.07, 6.45) is 0. The van der Waals surface area contributed by atoms with Gasteiger partial charge >= 0.3 is 5.76 Å². The maximum Gasteiger partial charge on any atom is 0.437 e. The minimum atomic E-state index is -0.373. The van der Waals surface area contributed by atoms with E-state index in [9.17, 15) is 4.79 Å². The van der Waals surface area contributed by atoms with E-state index in [1.165, 1.54) is 4.68 Å². The highest BCUT2D eigenvalue weighted by atomic mass is 16.4. The Morgan fingerprint density at radius 3 is 2.33 bits per heavy atom. The van der Waals surface area contributed by atoms with E-state index < -0.39 is 0 Å². The van der Waals surface area contributed by atoms with Crippen LogP contribution in [0.2, 0.25) is 0 Å². The van der Waals surface area contributed by atoms with Crippen molar-refractivity contribution in [3.05, 3.63) is 16.4 Å². The molecule has 1 heterocycles. The predicted molar refractivity (Wildman–Crippen MR) is 45.1 cm³/mol. The van der Waals surface area contributed by atoms with Crippen molar-refractivity contribution < 1.29 is 4.42 Å². The summed E-state index contributed by atoms with van der Waals surface area (Å²) < 4.78 is 6.29. The summed E-state index contributed by atoms with van der Waals surface area (Å²) in [6, 6.07) is 0. The van der Waals surface area contributed by atoms with E-state index in [-0.39, 0.29) is 11.2 Å². The second-order valence-electron chi connectivity index (χ2n) is 3.74. The quantitative estimate of drug-likeness (QED) is 0.635. The smallest absolute Gasteiger partial charge is 0.392 e. The van der Waals surface area contributed by atoms with Crippen molar-refractivity contribution in [3.63, 3.8) is 0 Å². The van der Waals surface area contributed by atoms with Gasteiger partial charge in [-0.3, -0.25) is 0 Å². The van der Waals surface area contributed by atoms with E-state index in [0.717, 1.165) is 0 Å². The van der Waals surface area contributed by atoms with Gasteiger partial charge in [-0.1, -0.05) is 20.8 Å². The van der Waals surface area contributed by atoms with Crippen LogP contribution in [0.5, 0.6) is 0 Å². The van der Waals surface area contributed by atoms with Crippen LogP contribution in [-0.2, 0) is 12.0 Å². The number of aryl methyl sites for hydroxylation is 1. The largest absolute Gasteiger partial charge is 0.437 e. The molecule has 0 aliphatic heterocycles. The molecule has 1 aromatic rings. The highest BCUT2D eigenvalue weighted by molar-refractivity contribution is 4.93. The summed E-state index contributed by atoms with van der Waals surface area (Å²) >= 11 is 0. The van der Waals surface area contributed by atoms with Crippen LogP contribution < -0.4 is 5.76 Å². The fourth-order valence-corrected chi connectivity index (χ4v) is 0.809. The molecule has 4 nitrogen and oxygen atoms in total. The monoisotopic (exact) mass is 170 g/mol. The van der Waals surface area contributed by atoms with Gasteiger partial charge in [-0.25, -0.2) is 4.79 Å². The van der Waals surface area contributed by atoms with E-state index in [4.69, 9.17) is 4.42 Å². The lowest BCUT2D eigenvalue weighted by Gasteiger charge is -2.10. The Hall–Kier alpha value is -1.06. The SMILES string of the molecule is CCn1nc(C(C)(C)C)oc1=O. The fraction of sp³-hybridized carbons (Fsp3) is 0.750. The van der Waals surface area contributed by atoms with E-state index in [0.29, 0.717) is 12.4 Å². The molecule has 68 valence electrons. The summed E-state index contributed by atoms with van der Waals surface area (Å²) in [4.78, 5) is 11.1. The van der Waals surface area contributed by atoms with Crippen LogP contribution in [0, 0.1) is 0 Å². The second-order valence-corrected chi connectivity index (χ2v) is 3.74. The molecule has 0 fully saturated rings. The first-order valence-electron chi connectivity index (χ1n) is 4.03. The van der Waals surface area contributed by atoms with Crippen LogP contribution in [0.4, 0.5) is 0 Å². The first kappa shape index (κ1) is 9.03. The lowest BCUT2D eigenvalue weighted by atomic mass is 9.97. The molecule has 4 heteroatoms. The van der Waals surface area contributed by atoms with Crippen molar-refractivity contribution in [2.24, 2.45) is 0 Å². The number of nitrogens with zero attached hydrogens (tertiary/aromatic N) is 2. The van der Waals surface area contributed by atoms with Crippen LogP contribution in [-0.4, -0.2) is 9.78 Å². The highest BCUT2D eigenvalue weighted by Gasteiger charge is 2.21. The van der Waals surface area contributed by atoms with Gasteiger partial charge < -0.3 is 4.42 Å². The minimum Gasteiger partial charge on any atom is -0.392 e. The third kappa shape index (κ3) is 1.57. The van der Waals surface area contributed by atoms with Gasteiger partial charge in [-0.2, -0.15) is 4.68 Å². The van der Waals surface area contributed by atoms with Gasteiger partial charge in [0.2, 0.25) is 5.89 Å². The molecule has 0 amide bonds. The van der Waals surface area contributed by atoms with E-state index in [1.807, 2.05) is 27.7 Å². The van der Waals surface area contributed by atoms with Crippen LogP contribution in [0.25, 0.3) is 0 Å². The van der Waals surface area contributed by atoms with Gasteiger partial charge in [-0.15, -0.1) is 5.10 Å². The number of rotatable bonds is 1. The van der Waals surface area contributed by atoms with Gasteiger partial charge in [0.15, 0.2) is 0 Å². The van der Waals surface area contributed by atoms with Crippen molar-refractivity contribution in [3.8, 4) is 0 Å². The van der Waals surface area contributed by atoms with Crippen molar-refractivity contribution in [2.75, 3.05) is 0 Å². The van der Waals surface area contributed by atoms with Crippen molar-refractivity contribution in [2.45, 2.75) is 39.7 Å². The maximum absolute atomic E-state index is 11.1. The van der Waals surface area contributed by atoms with Crippen molar-refractivity contribution in [1.82, 2.24) is 9.78 Å². The Bertz CT molecular complexity index is 317. The van der Waals surface area contributed by atoms with Gasteiger partial charge in [0.1, 0.15) is 0 Å². The van der Waals surface area contributed by atoms with Crippen LogP contribution in [0.3, 0.4) is 0 Å². The first-order chi connectivity index (χ1) is 5.45. The molecule has 0 aromatic carbocycles. The zero-order valence-corrected chi connectivity index (χ0v) is 7.92. The summed E-state index contributed by atoms with van der Waals surface area (Å²) in [6.45, 7) is 8.28. The maximum atomic E-state index is 11.1. The third-order valence-electron chi connectivity index (χ3n) is 1.55. The molecule has 1 rings (SSSR count). The van der Waals surface area contributed by atoms with E-state index in [1.54, 1.807) is 0 Å². The molecular formula is C8H14N2O2. The van der Waals surface area contributed by atoms with Gasteiger partial charge in [0, 0.05) is 12.0 Å². The molecular weight excluding hydrogens is 156 g/mol. The average Bonchev–Trinajstić information content (AvgIpc) is 2.29. The van der Waals surface area contributed by atoms with Crippen molar-refractivity contribution >= 4 is 0 Å². The van der Waals surface area contributed by atoms with Crippen LogP contribution in [0.15, 0.2) is 9.21 Å². The minimum absolute atomic E-state index is 0.195. The second kappa shape index (κ2) is 2.77. The molecule has 0 bridgehead atoms. The number of hydrogen-bond acceptors (Lipinski definition) is 3. The summed E-state index contributed by atoms with van der Waals surface area (Å²) in [5, 5.41) is 4.04. The molecule has 0 saturated heterocycles. The fourth-order valence-electron chi connectivity index (χ4n) is 0.809. The standard InChI is InChI=1S/C8H14N2O2/c1-5-10-7(11)12-6(9-10)8(2,3)4/h5H2,1-4H3. The molecule has 12 heavy (non-hydrogen) atoms. The van der Waals surface area contributed by atoms with Gasteiger partial charge in [0.25, 0.3) is 0 Å². The molecule has 0 unspecified atom stereocenters. The van der Waals surface area contributed by atoms with Crippen LogP contribution in [0.1, 0.15) is 33.6 Å². The number of hydrogen-bond donors (Lipinski definition) is 0. The highest BCUT2D eigenvalue weighted by Crippen LogP contribution is 2.17. The van der Waals surface area contributed by atoms with E-state index >= 15 is 0 Å². The van der Waals surface area contributed by atoms with Gasteiger partial charge in [0.05, 0.1) is 0 Å². The molecule has 0 saturated carbocycles. The lowest BCUT2D eigenvalue weighted by Crippen LogP contribution is -2.14. The van der Waals surface area contributed by atoms with E-state index in [2.05, 4.69) is 5.10 Å². The Morgan fingerprint density at radius 2 is 2.08 bits per heavy atom. The van der Waals surface area contributed by atoms with Gasteiger partial charge in [-0.05, 0) is 6.92 Å². The predicted octanol–water partition coefficient (Wildman–Crippen LogP) is 1.15. The Morgan fingerprint density at radius 1 is 1.50 bits per heavy atom. The van der Waals surface area contributed by atoms with Crippen molar-refractivity contribution in [1.29, 1.82) is 0 Å². The zero-order chi connectivity index (χ0) is 9.35. The Balaban J connectivity index is 3.14. The molecule has 0 radical (unpaired) electrons. The van der Waals surface area contributed by atoms with Crippen LogP contribution >= 0.6 is 0 Å². The normalized spacial score (nSPS) is 12.0. The summed E-state index contributed by atoms with van der Waals surface area (Å²) in [5.74, 6) is 0.122. The molecule has 0 atom stereocenters. The summed E-state index contributed by atoms with van der Waals surface area (Å²) in [7, 11) is 0. The third-order valence-corrected chi connectivity index (χ3v) is 1.55. The average molecular weight is 170 g/mol. The Labute approximate surface area is 71.2 Å². The molecule has 0 aliphatic rings. The number of aromatic nitrogens is 2. The topological polar surface area (TPSA) is 48.0 Å². The molecule has 0 N–H and O–H groups in total. The lowest BCUT2D eigenvalue weighted by molar-refractivity contribution is 0.374. The summed E-state index contributed by atoms with van der Waals surface area (Å²) in [5.41, 5.74) is -0.195. The Kier molecular flexibility index (Phi) is 2.08. The molecule has 0 aliphatic carbocycles. The first-order valence-corrected chi connectivity index (χ1v) is 4.03. The molecule has 1 aromatic heterocycles. The zero-order valence-electron chi connectivity index (χ0n) is 7.92. The molecule has 0 spiro atoms.